The maximum absolute atomic E-state index is 4.51. The fourth-order valence-electron chi connectivity index (χ4n) is 1.76. The zero-order chi connectivity index (χ0) is 12.3. The van der Waals surface area contributed by atoms with E-state index >= 15 is 0 Å². The summed E-state index contributed by atoms with van der Waals surface area (Å²) in [6.45, 7) is 7.06. The number of benzene rings is 1. The van der Waals surface area contributed by atoms with Gasteiger partial charge in [0.1, 0.15) is 0 Å². The fourth-order valence-corrected chi connectivity index (χ4v) is 1.76. The highest BCUT2D eigenvalue weighted by Crippen LogP contribution is 2.23. The van der Waals surface area contributed by atoms with E-state index in [2.05, 4.69) is 47.3 Å². The van der Waals surface area contributed by atoms with Crippen LogP contribution in [0.3, 0.4) is 0 Å². The van der Waals surface area contributed by atoms with Crippen molar-refractivity contribution in [2.75, 3.05) is 11.9 Å². The number of hydrogen-bond acceptors (Lipinski definition) is 3. The summed E-state index contributed by atoms with van der Waals surface area (Å²) in [4.78, 5) is 8.70. The van der Waals surface area contributed by atoms with Gasteiger partial charge in [0.15, 0.2) is 0 Å². The number of hydrogen-bond donors (Lipinski definition) is 1. The monoisotopic (exact) mass is 227 g/mol. The smallest absolute Gasteiger partial charge is 0.223 e. The van der Waals surface area contributed by atoms with Gasteiger partial charge in [-0.15, -0.1) is 0 Å². The maximum atomic E-state index is 4.51. The molecular formula is C14H17N3. The molecule has 2 rings (SSSR count). The molecule has 0 unspecified atom stereocenters. The molecule has 1 aromatic heterocycles. The Hall–Kier alpha value is -1.90. The lowest BCUT2D eigenvalue weighted by molar-refractivity contribution is 1.09. The molecule has 2 aromatic rings. The van der Waals surface area contributed by atoms with Gasteiger partial charge in [0, 0.05) is 18.3 Å². The van der Waals surface area contributed by atoms with Gasteiger partial charge < -0.3 is 5.32 Å². The summed E-state index contributed by atoms with van der Waals surface area (Å²) in [6, 6.07) is 8.35. The fraction of sp³-hybridized carbons (Fsp3) is 0.286. The first-order chi connectivity index (χ1) is 8.20. The minimum atomic E-state index is 0.686. The maximum Gasteiger partial charge on any atom is 0.223 e. The van der Waals surface area contributed by atoms with E-state index in [1.54, 1.807) is 6.20 Å². The van der Waals surface area contributed by atoms with Crippen LogP contribution < -0.4 is 5.32 Å². The number of aromatic nitrogens is 2. The van der Waals surface area contributed by atoms with Gasteiger partial charge in [-0.1, -0.05) is 17.7 Å². The summed E-state index contributed by atoms with van der Waals surface area (Å²) in [5.74, 6) is 0.686. The first kappa shape index (κ1) is 11.6. The van der Waals surface area contributed by atoms with E-state index in [0.717, 1.165) is 12.2 Å². The van der Waals surface area contributed by atoms with Gasteiger partial charge in [0.2, 0.25) is 5.95 Å². The van der Waals surface area contributed by atoms with Crippen LogP contribution in [0.4, 0.5) is 5.95 Å². The first-order valence-electron chi connectivity index (χ1n) is 5.85. The van der Waals surface area contributed by atoms with Gasteiger partial charge >= 0.3 is 0 Å². The Labute approximate surface area is 102 Å². The van der Waals surface area contributed by atoms with Crippen molar-refractivity contribution in [3.8, 4) is 11.3 Å². The molecule has 1 aromatic carbocycles. The second-order valence-electron chi connectivity index (χ2n) is 4.11. The molecular weight excluding hydrogens is 210 g/mol. The largest absolute Gasteiger partial charge is 0.354 e. The summed E-state index contributed by atoms with van der Waals surface area (Å²) in [5.41, 5.74) is 4.62. The molecule has 0 radical (unpaired) electrons. The van der Waals surface area contributed by atoms with Gasteiger partial charge in [-0.25, -0.2) is 9.97 Å². The van der Waals surface area contributed by atoms with Gasteiger partial charge in [0.05, 0.1) is 5.69 Å². The Kier molecular flexibility index (Phi) is 3.38. The zero-order valence-electron chi connectivity index (χ0n) is 10.5. The summed E-state index contributed by atoms with van der Waals surface area (Å²) in [7, 11) is 0. The number of rotatable bonds is 3. The standard InChI is InChI=1S/C14H17N3/c1-4-15-14-16-8-7-13(17-14)12-9-10(2)5-6-11(12)3/h5-9H,4H2,1-3H3,(H,15,16,17). The Morgan fingerprint density at radius 3 is 2.76 bits per heavy atom. The third-order valence-electron chi connectivity index (χ3n) is 2.66. The van der Waals surface area contributed by atoms with E-state index in [4.69, 9.17) is 0 Å². The van der Waals surface area contributed by atoms with Gasteiger partial charge in [0.25, 0.3) is 0 Å². The van der Waals surface area contributed by atoms with Gasteiger partial charge in [-0.2, -0.15) is 0 Å². The Bertz CT molecular complexity index is 521. The second-order valence-corrected chi connectivity index (χ2v) is 4.11. The molecule has 0 aliphatic heterocycles. The lowest BCUT2D eigenvalue weighted by Crippen LogP contribution is -2.02. The molecule has 0 saturated carbocycles. The first-order valence-corrected chi connectivity index (χ1v) is 5.85. The molecule has 0 atom stereocenters. The zero-order valence-corrected chi connectivity index (χ0v) is 10.5. The van der Waals surface area contributed by atoms with Crippen LogP contribution in [0.2, 0.25) is 0 Å². The van der Waals surface area contributed by atoms with Crippen LogP contribution >= 0.6 is 0 Å². The molecule has 0 aliphatic carbocycles. The minimum absolute atomic E-state index is 0.686. The van der Waals surface area contributed by atoms with Crippen molar-refractivity contribution in [1.82, 2.24) is 9.97 Å². The van der Waals surface area contributed by atoms with Crippen molar-refractivity contribution in [2.45, 2.75) is 20.8 Å². The van der Waals surface area contributed by atoms with Gasteiger partial charge in [-0.05, 0) is 38.5 Å². The number of nitrogens with zero attached hydrogens (tertiary/aromatic N) is 2. The van der Waals surface area contributed by atoms with Crippen LogP contribution in [0.1, 0.15) is 18.1 Å². The highest BCUT2D eigenvalue weighted by atomic mass is 15.1. The van der Waals surface area contributed by atoms with Crippen molar-refractivity contribution in [1.29, 1.82) is 0 Å². The van der Waals surface area contributed by atoms with Crippen LogP contribution in [0.25, 0.3) is 11.3 Å². The third-order valence-corrected chi connectivity index (χ3v) is 2.66. The average molecular weight is 227 g/mol. The molecule has 3 nitrogen and oxygen atoms in total. The second kappa shape index (κ2) is 4.95. The molecule has 88 valence electrons. The summed E-state index contributed by atoms with van der Waals surface area (Å²) >= 11 is 0. The lowest BCUT2D eigenvalue weighted by atomic mass is 10.0. The van der Waals surface area contributed by atoms with Crippen molar-refractivity contribution in [3.63, 3.8) is 0 Å². The third kappa shape index (κ3) is 2.61. The molecule has 0 saturated heterocycles. The molecule has 1 heterocycles. The summed E-state index contributed by atoms with van der Waals surface area (Å²) in [5, 5.41) is 3.13. The molecule has 0 spiro atoms. The van der Waals surface area contributed by atoms with Crippen LogP contribution in [0.5, 0.6) is 0 Å². The molecule has 0 aliphatic rings. The van der Waals surface area contributed by atoms with Crippen molar-refractivity contribution in [3.05, 3.63) is 41.6 Å². The minimum Gasteiger partial charge on any atom is -0.354 e. The SMILES string of the molecule is CCNc1nccc(-c2cc(C)ccc2C)n1. The van der Waals surface area contributed by atoms with Gasteiger partial charge in [-0.3, -0.25) is 0 Å². The normalized spacial score (nSPS) is 10.3. The summed E-state index contributed by atoms with van der Waals surface area (Å²) in [6.07, 6.45) is 1.79. The number of anilines is 1. The Morgan fingerprint density at radius 1 is 1.18 bits per heavy atom. The molecule has 0 fully saturated rings. The lowest BCUT2D eigenvalue weighted by Gasteiger charge is -2.08. The van der Waals surface area contributed by atoms with Crippen LogP contribution in [-0.4, -0.2) is 16.5 Å². The van der Waals surface area contributed by atoms with Crippen LogP contribution in [0.15, 0.2) is 30.5 Å². The van der Waals surface area contributed by atoms with Crippen molar-refractivity contribution < 1.29 is 0 Å². The van der Waals surface area contributed by atoms with E-state index in [0.29, 0.717) is 5.95 Å². The highest BCUT2D eigenvalue weighted by Gasteiger charge is 2.05. The van der Waals surface area contributed by atoms with Crippen molar-refractivity contribution >= 4 is 5.95 Å². The van der Waals surface area contributed by atoms with Crippen molar-refractivity contribution in [2.24, 2.45) is 0 Å². The Balaban J connectivity index is 2.45. The molecule has 3 heteroatoms. The van der Waals surface area contributed by atoms with Crippen LogP contribution in [-0.2, 0) is 0 Å². The quantitative estimate of drug-likeness (QED) is 0.875. The predicted molar refractivity (Wildman–Crippen MR) is 71.1 cm³/mol. The molecule has 1 N–H and O–H groups in total. The number of aryl methyl sites for hydroxylation is 2. The number of nitrogens with one attached hydrogen (secondary N) is 1. The molecule has 0 amide bonds. The van der Waals surface area contributed by atoms with Crippen LogP contribution in [0, 0.1) is 13.8 Å². The van der Waals surface area contributed by atoms with E-state index in [-0.39, 0.29) is 0 Å². The average Bonchev–Trinajstić information content (AvgIpc) is 2.33. The molecule has 17 heavy (non-hydrogen) atoms. The predicted octanol–water partition coefficient (Wildman–Crippen LogP) is 3.19. The van der Waals surface area contributed by atoms with E-state index in [9.17, 15) is 0 Å². The van der Waals surface area contributed by atoms with E-state index in [1.807, 2.05) is 13.0 Å². The summed E-state index contributed by atoms with van der Waals surface area (Å²) < 4.78 is 0. The van der Waals surface area contributed by atoms with E-state index in [1.165, 1.54) is 16.7 Å². The highest BCUT2D eigenvalue weighted by molar-refractivity contribution is 5.64. The van der Waals surface area contributed by atoms with E-state index < -0.39 is 0 Å². The Morgan fingerprint density at radius 2 is 2.00 bits per heavy atom. The topological polar surface area (TPSA) is 37.8 Å². The molecule has 0 bridgehead atoms.